The highest BCUT2D eigenvalue weighted by molar-refractivity contribution is 5.42. The maximum absolute atomic E-state index is 9.90. The number of hydrogen-bond acceptors (Lipinski definition) is 5. The maximum Gasteiger partial charge on any atom is 0.224 e. The van der Waals surface area contributed by atoms with Crippen LogP contribution >= 0.6 is 0 Å². The maximum atomic E-state index is 9.90. The lowest BCUT2D eigenvalue weighted by atomic mass is 10.0. The molecule has 1 aromatic rings. The summed E-state index contributed by atoms with van der Waals surface area (Å²) in [4.78, 5) is 8.58. The van der Waals surface area contributed by atoms with Crippen LogP contribution in [0.3, 0.4) is 0 Å². The van der Waals surface area contributed by atoms with Gasteiger partial charge in [0.2, 0.25) is 5.95 Å². The lowest BCUT2D eigenvalue weighted by Crippen LogP contribution is -2.32. The Morgan fingerprint density at radius 1 is 1.29 bits per heavy atom. The van der Waals surface area contributed by atoms with Gasteiger partial charge in [-0.05, 0) is 27.2 Å². The summed E-state index contributed by atoms with van der Waals surface area (Å²) < 4.78 is 0. The van der Waals surface area contributed by atoms with Crippen LogP contribution in [-0.2, 0) is 0 Å². The minimum atomic E-state index is -0.711. The summed E-state index contributed by atoms with van der Waals surface area (Å²) in [6, 6.07) is 1.87. The standard InChI is InChI=1S/C12H22N4O/c1-5-12(4,17)8-14-10-7-9(3)15-11(16-10)13-6-2/h7,17H,5-6,8H2,1-4H3,(H2,13,14,15,16). The molecular formula is C12H22N4O. The van der Waals surface area contributed by atoms with Crippen LogP contribution in [-0.4, -0.2) is 33.8 Å². The second kappa shape index (κ2) is 5.82. The smallest absolute Gasteiger partial charge is 0.224 e. The van der Waals surface area contributed by atoms with Gasteiger partial charge in [-0.25, -0.2) is 4.98 Å². The van der Waals surface area contributed by atoms with Crippen LogP contribution in [0.2, 0.25) is 0 Å². The third kappa shape index (κ3) is 4.56. The van der Waals surface area contributed by atoms with Crippen molar-refractivity contribution in [2.75, 3.05) is 23.7 Å². The summed E-state index contributed by atoms with van der Waals surface area (Å²) in [5.74, 6) is 1.35. The Bertz CT molecular complexity index is 366. The molecule has 0 aromatic carbocycles. The van der Waals surface area contributed by atoms with Gasteiger partial charge in [0.1, 0.15) is 5.82 Å². The number of aliphatic hydroxyl groups is 1. The molecule has 17 heavy (non-hydrogen) atoms. The van der Waals surface area contributed by atoms with E-state index in [9.17, 15) is 5.11 Å². The molecule has 96 valence electrons. The number of nitrogens with one attached hydrogen (secondary N) is 2. The monoisotopic (exact) mass is 238 g/mol. The summed E-state index contributed by atoms with van der Waals surface area (Å²) in [5, 5.41) is 16.1. The van der Waals surface area contributed by atoms with E-state index in [1.165, 1.54) is 0 Å². The van der Waals surface area contributed by atoms with E-state index in [1.807, 2.05) is 26.8 Å². The Hall–Kier alpha value is -1.36. The third-order valence-electron chi connectivity index (χ3n) is 2.60. The quantitative estimate of drug-likeness (QED) is 0.705. The van der Waals surface area contributed by atoms with E-state index < -0.39 is 5.60 Å². The molecule has 0 saturated heterocycles. The van der Waals surface area contributed by atoms with E-state index in [1.54, 1.807) is 6.92 Å². The highest BCUT2D eigenvalue weighted by atomic mass is 16.3. The van der Waals surface area contributed by atoms with Crippen molar-refractivity contribution in [3.05, 3.63) is 11.8 Å². The predicted molar refractivity (Wildman–Crippen MR) is 70.3 cm³/mol. The molecule has 1 atom stereocenters. The summed E-state index contributed by atoms with van der Waals surface area (Å²) in [6.45, 7) is 8.95. The first kappa shape index (κ1) is 13.7. The zero-order valence-corrected chi connectivity index (χ0v) is 11.0. The van der Waals surface area contributed by atoms with Gasteiger partial charge in [-0.15, -0.1) is 0 Å². The molecule has 0 aliphatic heterocycles. The van der Waals surface area contributed by atoms with Gasteiger partial charge < -0.3 is 15.7 Å². The fraction of sp³-hybridized carbons (Fsp3) is 0.667. The third-order valence-corrected chi connectivity index (χ3v) is 2.60. The van der Waals surface area contributed by atoms with Gasteiger partial charge in [0.25, 0.3) is 0 Å². The van der Waals surface area contributed by atoms with Crippen LogP contribution in [0.1, 0.15) is 32.9 Å². The van der Waals surface area contributed by atoms with Gasteiger partial charge in [0.15, 0.2) is 0 Å². The molecule has 1 rings (SSSR count). The van der Waals surface area contributed by atoms with Gasteiger partial charge in [-0.2, -0.15) is 4.98 Å². The normalized spacial score (nSPS) is 14.2. The number of aromatic nitrogens is 2. The van der Waals surface area contributed by atoms with Crippen molar-refractivity contribution >= 4 is 11.8 Å². The first-order chi connectivity index (χ1) is 7.96. The van der Waals surface area contributed by atoms with Gasteiger partial charge in [-0.3, -0.25) is 0 Å². The molecule has 0 fully saturated rings. The average molecular weight is 238 g/mol. The molecule has 0 bridgehead atoms. The van der Waals surface area contributed by atoms with Gasteiger partial charge >= 0.3 is 0 Å². The molecule has 5 nitrogen and oxygen atoms in total. The summed E-state index contributed by atoms with van der Waals surface area (Å²) in [7, 11) is 0. The minimum absolute atomic E-state index is 0.478. The van der Waals surface area contributed by atoms with E-state index in [0.29, 0.717) is 18.9 Å². The van der Waals surface area contributed by atoms with Crippen LogP contribution < -0.4 is 10.6 Å². The number of aryl methyl sites for hydroxylation is 1. The number of anilines is 2. The second-order valence-corrected chi connectivity index (χ2v) is 4.45. The van der Waals surface area contributed by atoms with Crippen LogP contribution in [0.25, 0.3) is 0 Å². The molecule has 0 aliphatic carbocycles. The number of rotatable bonds is 6. The van der Waals surface area contributed by atoms with E-state index in [0.717, 1.165) is 18.1 Å². The van der Waals surface area contributed by atoms with Crippen molar-refractivity contribution in [1.29, 1.82) is 0 Å². The molecule has 1 heterocycles. The average Bonchev–Trinajstić information content (AvgIpc) is 2.26. The van der Waals surface area contributed by atoms with Gasteiger partial charge in [0, 0.05) is 24.8 Å². The van der Waals surface area contributed by atoms with E-state index in [2.05, 4.69) is 20.6 Å². The van der Waals surface area contributed by atoms with E-state index in [4.69, 9.17) is 0 Å². The second-order valence-electron chi connectivity index (χ2n) is 4.45. The first-order valence-electron chi connectivity index (χ1n) is 6.02. The van der Waals surface area contributed by atoms with Crippen molar-refractivity contribution < 1.29 is 5.11 Å². The Morgan fingerprint density at radius 2 is 2.00 bits per heavy atom. The predicted octanol–water partition coefficient (Wildman–Crippen LogP) is 1.79. The molecule has 0 radical (unpaired) electrons. The van der Waals surface area contributed by atoms with Crippen molar-refractivity contribution in [2.24, 2.45) is 0 Å². The fourth-order valence-electron chi connectivity index (χ4n) is 1.30. The Labute approximate surface area is 103 Å². The summed E-state index contributed by atoms with van der Waals surface area (Å²) in [6.07, 6.45) is 0.699. The lowest BCUT2D eigenvalue weighted by molar-refractivity contribution is 0.0696. The molecule has 5 heteroatoms. The molecule has 1 aromatic heterocycles. The van der Waals surface area contributed by atoms with Crippen molar-refractivity contribution in [3.8, 4) is 0 Å². The molecular weight excluding hydrogens is 216 g/mol. The molecule has 3 N–H and O–H groups in total. The fourth-order valence-corrected chi connectivity index (χ4v) is 1.30. The molecule has 0 spiro atoms. The molecule has 0 saturated carbocycles. The van der Waals surface area contributed by atoms with Gasteiger partial charge in [0.05, 0.1) is 5.60 Å². The summed E-state index contributed by atoms with van der Waals surface area (Å²) >= 11 is 0. The van der Waals surface area contributed by atoms with Crippen molar-refractivity contribution in [3.63, 3.8) is 0 Å². The number of hydrogen-bond donors (Lipinski definition) is 3. The zero-order chi connectivity index (χ0) is 12.9. The topological polar surface area (TPSA) is 70.1 Å². The summed E-state index contributed by atoms with van der Waals surface area (Å²) in [5.41, 5.74) is 0.187. The highest BCUT2D eigenvalue weighted by Gasteiger charge is 2.17. The van der Waals surface area contributed by atoms with Crippen LogP contribution in [0, 0.1) is 6.92 Å². The molecule has 1 unspecified atom stereocenters. The van der Waals surface area contributed by atoms with Crippen LogP contribution in [0.15, 0.2) is 6.07 Å². The van der Waals surface area contributed by atoms with Crippen LogP contribution in [0.4, 0.5) is 11.8 Å². The largest absolute Gasteiger partial charge is 0.388 e. The Morgan fingerprint density at radius 3 is 2.59 bits per heavy atom. The highest BCUT2D eigenvalue weighted by Crippen LogP contribution is 2.13. The Kier molecular flexibility index (Phi) is 4.69. The van der Waals surface area contributed by atoms with Crippen molar-refractivity contribution in [1.82, 2.24) is 9.97 Å². The molecule has 0 aliphatic rings. The molecule has 0 amide bonds. The van der Waals surface area contributed by atoms with Crippen LogP contribution in [0.5, 0.6) is 0 Å². The van der Waals surface area contributed by atoms with E-state index in [-0.39, 0.29) is 0 Å². The first-order valence-corrected chi connectivity index (χ1v) is 6.02. The van der Waals surface area contributed by atoms with Gasteiger partial charge in [-0.1, -0.05) is 6.92 Å². The zero-order valence-electron chi connectivity index (χ0n) is 11.0. The SMILES string of the molecule is CCNc1nc(C)cc(NCC(C)(O)CC)n1. The lowest BCUT2D eigenvalue weighted by Gasteiger charge is -2.22. The minimum Gasteiger partial charge on any atom is -0.388 e. The van der Waals surface area contributed by atoms with E-state index >= 15 is 0 Å². The number of nitrogens with zero attached hydrogens (tertiary/aromatic N) is 2. The van der Waals surface area contributed by atoms with Crippen molar-refractivity contribution in [2.45, 2.75) is 39.7 Å². The Balaban J connectivity index is 2.70.